The van der Waals surface area contributed by atoms with Crippen LogP contribution in [0.3, 0.4) is 0 Å². The van der Waals surface area contributed by atoms with Gasteiger partial charge in [0.1, 0.15) is 5.75 Å². The molecule has 0 saturated carbocycles. The maximum Gasteiger partial charge on any atom is 0.295 e. The molecule has 1 N–H and O–H groups in total. The van der Waals surface area contributed by atoms with E-state index in [9.17, 15) is 4.79 Å². The quantitative estimate of drug-likeness (QED) is 0.400. The molecule has 0 unspecified atom stereocenters. The molecule has 0 aliphatic rings. The maximum atomic E-state index is 12.8. The highest BCUT2D eigenvalue weighted by Crippen LogP contribution is 2.25. The number of carbonyl (C=O) groups excluding carboxylic acids is 1. The van der Waals surface area contributed by atoms with Gasteiger partial charge in [0.25, 0.3) is 5.91 Å². The van der Waals surface area contributed by atoms with Crippen LogP contribution in [0, 0.1) is 0 Å². The zero-order chi connectivity index (χ0) is 21.1. The lowest BCUT2D eigenvalue weighted by Gasteiger charge is -2.07. The number of anilines is 1. The first-order valence-electron chi connectivity index (χ1n) is 8.98. The second-order valence-electron chi connectivity index (χ2n) is 6.34. The Hall–Kier alpha value is -3.16. The van der Waals surface area contributed by atoms with Gasteiger partial charge in [0.05, 0.1) is 12.8 Å². The Morgan fingerprint density at radius 1 is 1.07 bits per heavy atom. The van der Waals surface area contributed by atoms with Crippen molar-refractivity contribution in [1.29, 1.82) is 0 Å². The number of amides is 1. The minimum absolute atomic E-state index is 0.0516. The van der Waals surface area contributed by atoms with Crippen molar-refractivity contribution in [3.05, 3.63) is 88.1 Å². The van der Waals surface area contributed by atoms with Crippen LogP contribution in [0.1, 0.15) is 10.6 Å². The third kappa shape index (κ3) is 4.37. The Morgan fingerprint density at radius 2 is 1.80 bits per heavy atom. The van der Waals surface area contributed by atoms with E-state index in [-0.39, 0.29) is 5.82 Å². The summed E-state index contributed by atoms with van der Waals surface area (Å²) in [4.78, 5) is 17.3. The van der Waals surface area contributed by atoms with Crippen LogP contribution in [0.25, 0.3) is 17.1 Å². The molecule has 0 aliphatic carbocycles. The average Bonchev–Trinajstić information content (AvgIpc) is 3.20. The molecule has 6 nitrogen and oxygen atoms in total. The van der Waals surface area contributed by atoms with Crippen molar-refractivity contribution in [2.75, 3.05) is 12.4 Å². The highest BCUT2D eigenvalue weighted by molar-refractivity contribution is 9.10. The fraction of sp³-hybridized carbons (Fsp3) is 0.0455. The smallest absolute Gasteiger partial charge is 0.295 e. The van der Waals surface area contributed by atoms with Gasteiger partial charge in [-0.05, 0) is 66.7 Å². The van der Waals surface area contributed by atoms with E-state index < -0.39 is 5.91 Å². The van der Waals surface area contributed by atoms with Crippen molar-refractivity contribution in [3.8, 4) is 22.8 Å². The van der Waals surface area contributed by atoms with E-state index in [1.807, 2.05) is 48.5 Å². The summed E-state index contributed by atoms with van der Waals surface area (Å²) in [5.41, 5.74) is 2.17. The third-order valence-corrected chi connectivity index (χ3v) is 5.06. The molecule has 0 aliphatic heterocycles. The normalized spacial score (nSPS) is 10.6. The molecule has 1 heterocycles. The van der Waals surface area contributed by atoms with Gasteiger partial charge < -0.3 is 10.1 Å². The van der Waals surface area contributed by atoms with Crippen molar-refractivity contribution < 1.29 is 9.53 Å². The molecular weight excluding hydrogens is 468 g/mol. The van der Waals surface area contributed by atoms with E-state index in [0.29, 0.717) is 16.5 Å². The molecule has 8 heteroatoms. The van der Waals surface area contributed by atoms with Crippen molar-refractivity contribution in [2.45, 2.75) is 0 Å². The van der Waals surface area contributed by atoms with Gasteiger partial charge in [-0.25, -0.2) is 9.67 Å². The van der Waals surface area contributed by atoms with Gasteiger partial charge in [0.15, 0.2) is 5.82 Å². The van der Waals surface area contributed by atoms with Crippen LogP contribution in [0.2, 0.25) is 5.02 Å². The summed E-state index contributed by atoms with van der Waals surface area (Å²) in [6.45, 7) is 0. The van der Waals surface area contributed by atoms with E-state index in [4.69, 9.17) is 16.3 Å². The van der Waals surface area contributed by atoms with E-state index in [2.05, 4.69) is 31.3 Å². The minimum atomic E-state index is -0.407. The first kappa shape index (κ1) is 20.1. The number of nitrogens with zero attached hydrogens (tertiary/aromatic N) is 3. The minimum Gasteiger partial charge on any atom is -0.497 e. The van der Waals surface area contributed by atoms with Gasteiger partial charge in [-0.2, -0.15) is 0 Å². The van der Waals surface area contributed by atoms with Crippen molar-refractivity contribution in [3.63, 3.8) is 0 Å². The van der Waals surface area contributed by atoms with E-state index >= 15 is 0 Å². The van der Waals surface area contributed by atoms with Gasteiger partial charge >= 0.3 is 0 Å². The predicted octanol–water partition coefficient (Wildman–Crippen LogP) is 5.61. The number of hydrogen-bond acceptors (Lipinski definition) is 4. The second-order valence-corrected chi connectivity index (χ2v) is 7.69. The number of ether oxygens (including phenoxy) is 1. The van der Waals surface area contributed by atoms with Crippen LogP contribution in [0.4, 0.5) is 5.69 Å². The van der Waals surface area contributed by atoms with Crippen LogP contribution in [-0.2, 0) is 0 Å². The van der Waals surface area contributed by atoms with E-state index in [0.717, 1.165) is 21.5 Å². The molecule has 4 aromatic rings. The van der Waals surface area contributed by atoms with Crippen LogP contribution in [0.15, 0.2) is 77.3 Å². The van der Waals surface area contributed by atoms with Gasteiger partial charge in [-0.1, -0.05) is 33.6 Å². The van der Waals surface area contributed by atoms with Crippen molar-refractivity contribution >= 4 is 39.1 Å². The average molecular weight is 484 g/mol. The zero-order valence-corrected chi connectivity index (χ0v) is 18.2. The predicted molar refractivity (Wildman–Crippen MR) is 120 cm³/mol. The number of methoxy groups -OCH3 is 1. The largest absolute Gasteiger partial charge is 0.497 e. The number of carbonyl (C=O) groups is 1. The summed E-state index contributed by atoms with van der Waals surface area (Å²) in [5.74, 6) is 0.891. The van der Waals surface area contributed by atoms with Gasteiger partial charge in [0, 0.05) is 20.7 Å². The summed E-state index contributed by atoms with van der Waals surface area (Å²) in [7, 11) is 1.61. The van der Waals surface area contributed by atoms with Crippen LogP contribution >= 0.6 is 27.5 Å². The topological polar surface area (TPSA) is 69.0 Å². The van der Waals surface area contributed by atoms with Crippen molar-refractivity contribution in [1.82, 2.24) is 14.8 Å². The van der Waals surface area contributed by atoms with E-state index in [1.165, 1.54) is 0 Å². The first-order valence-corrected chi connectivity index (χ1v) is 10.1. The number of nitrogens with one attached hydrogen (secondary N) is 1. The number of rotatable bonds is 5. The lowest BCUT2D eigenvalue weighted by Crippen LogP contribution is -2.14. The molecule has 0 fully saturated rings. The molecule has 0 atom stereocenters. The fourth-order valence-corrected chi connectivity index (χ4v) is 3.38. The first-order chi connectivity index (χ1) is 14.5. The maximum absolute atomic E-state index is 12.8. The monoisotopic (exact) mass is 482 g/mol. The SMILES string of the molecule is COc1ccc(-n2nc(C(=O)Nc3cccc(Br)c3)nc2-c2ccc(Cl)cc2)cc1. The Balaban J connectivity index is 1.74. The second kappa shape index (κ2) is 8.69. The lowest BCUT2D eigenvalue weighted by molar-refractivity contribution is 0.101. The Bertz CT molecular complexity index is 1190. The summed E-state index contributed by atoms with van der Waals surface area (Å²) in [6.07, 6.45) is 0. The molecule has 4 rings (SSSR count). The summed E-state index contributed by atoms with van der Waals surface area (Å²) < 4.78 is 7.71. The molecule has 1 amide bonds. The highest BCUT2D eigenvalue weighted by Gasteiger charge is 2.19. The Labute approximate surface area is 186 Å². The molecule has 150 valence electrons. The Kier molecular flexibility index (Phi) is 5.83. The van der Waals surface area contributed by atoms with Crippen molar-refractivity contribution in [2.24, 2.45) is 0 Å². The van der Waals surface area contributed by atoms with Crippen LogP contribution in [-0.4, -0.2) is 27.8 Å². The standard InChI is InChI=1S/C22H16BrClN4O2/c1-30-19-11-9-18(10-12-19)28-21(14-5-7-16(24)8-6-14)26-20(27-28)22(29)25-17-4-2-3-15(23)13-17/h2-13H,1H3,(H,25,29). The number of hydrogen-bond donors (Lipinski definition) is 1. The van der Waals surface area contributed by atoms with Gasteiger partial charge in [-0.15, -0.1) is 5.10 Å². The summed E-state index contributed by atoms with van der Waals surface area (Å²) in [5, 5.41) is 7.90. The molecule has 0 spiro atoms. The van der Waals surface area contributed by atoms with Crippen LogP contribution < -0.4 is 10.1 Å². The third-order valence-electron chi connectivity index (χ3n) is 4.31. The number of benzene rings is 3. The van der Waals surface area contributed by atoms with Gasteiger partial charge in [-0.3, -0.25) is 4.79 Å². The molecule has 1 aromatic heterocycles. The molecule has 0 radical (unpaired) electrons. The Morgan fingerprint density at radius 3 is 2.47 bits per heavy atom. The zero-order valence-electron chi connectivity index (χ0n) is 15.8. The van der Waals surface area contributed by atoms with Gasteiger partial charge in [0.2, 0.25) is 5.82 Å². The lowest BCUT2D eigenvalue weighted by atomic mass is 10.2. The molecule has 30 heavy (non-hydrogen) atoms. The number of aromatic nitrogens is 3. The fourth-order valence-electron chi connectivity index (χ4n) is 2.85. The molecule has 3 aromatic carbocycles. The molecule has 0 bridgehead atoms. The van der Waals surface area contributed by atoms with Crippen LogP contribution in [0.5, 0.6) is 5.75 Å². The van der Waals surface area contributed by atoms with E-state index in [1.54, 1.807) is 36.1 Å². The highest BCUT2D eigenvalue weighted by atomic mass is 79.9. The summed E-state index contributed by atoms with van der Waals surface area (Å²) in [6, 6.07) is 21.9. The molecule has 0 saturated heterocycles. The summed E-state index contributed by atoms with van der Waals surface area (Å²) >= 11 is 9.42. The number of halogens is 2. The molecular formula is C22H16BrClN4O2.